The van der Waals surface area contributed by atoms with Crippen molar-refractivity contribution in [2.24, 2.45) is 5.92 Å². The Morgan fingerprint density at radius 2 is 1.17 bits per heavy atom. The molecule has 2 aromatic heterocycles. The van der Waals surface area contributed by atoms with Gasteiger partial charge in [-0.3, -0.25) is 9.55 Å². The minimum absolute atomic E-state index is 0.0771. The summed E-state index contributed by atoms with van der Waals surface area (Å²) in [7, 11) is 0. The van der Waals surface area contributed by atoms with E-state index in [-0.39, 0.29) is 16.6 Å². The third-order valence-electron chi connectivity index (χ3n) is 12.6. The topological polar surface area (TPSA) is 50.9 Å². The number of aromatic nitrogens is 3. The van der Waals surface area contributed by atoms with Crippen molar-refractivity contribution in [3.05, 3.63) is 192 Å². The first-order valence-corrected chi connectivity index (χ1v) is 23.0. The summed E-state index contributed by atoms with van der Waals surface area (Å²) >= 11 is 0. The molecular formula is C61H59N3O. The highest BCUT2D eigenvalue weighted by atomic mass is 16.3. The molecule has 0 fully saturated rings. The van der Waals surface area contributed by atoms with Crippen molar-refractivity contribution in [3.63, 3.8) is 0 Å². The van der Waals surface area contributed by atoms with Crippen molar-refractivity contribution in [1.82, 2.24) is 14.5 Å². The molecule has 7 aromatic carbocycles. The van der Waals surface area contributed by atoms with E-state index < -0.39 is 0 Å². The van der Waals surface area contributed by atoms with Crippen molar-refractivity contribution >= 4 is 11.0 Å². The van der Waals surface area contributed by atoms with Crippen LogP contribution in [0.15, 0.2) is 170 Å². The number of imidazole rings is 1. The van der Waals surface area contributed by atoms with Gasteiger partial charge in [0.25, 0.3) is 0 Å². The van der Waals surface area contributed by atoms with Gasteiger partial charge in [-0.1, -0.05) is 165 Å². The summed E-state index contributed by atoms with van der Waals surface area (Å²) in [5, 5.41) is 12.1. The van der Waals surface area contributed by atoms with E-state index >= 15 is 0 Å². The molecule has 4 heteroatoms. The predicted molar refractivity (Wildman–Crippen MR) is 274 cm³/mol. The first-order chi connectivity index (χ1) is 31.1. The second-order valence-electron chi connectivity index (χ2n) is 20.1. The number of hydrogen-bond acceptors (Lipinski definition) is 3. The van der Waals surface area contributed by atoms with Crippen LogP contribution in [0.25, 0.3) is 83.9 Å². The van der Waals surface area contributed by atoms with Gasteiger partial charge in [0.05, 0.1) is 28.0 Å². The fourth-order valence-electron chi connectivity index (χ4n) is 9.02. The van der Waals surface area contributed by atoms with Crippen LogP contribution in [0.5, 0.6) is 5.75 Å². The Hall–Kier alpha value is -7.04. The van der Waals surface area contributed by atoms with Gasteiger partial charge in [0.1, 0.15) is 11.6 Å². The normalized spacial score (nSPS) is 12.0. The Bertz CT molecular complexity index is 3160. The van der Waals surface area contributed by atoms with Crippen molar-refractivity contribution in [3.8, 4) is 78.6 Å². The number of para-hydroxylation sites is 1. The van der Waals surface area contributed by atoms with Crippen LogP contribution in [0.2, 0.25) is 0 Å². The lowest BCUT2D eigenvalue weighted by Crippen LogP contribution is -2.12. The van der Waals surface area contributed by atoms with Crippen molar-refractivity contribution < 1.29 is 5.11 Å². The Labute approximate surface area is 385 Å². The monoisotopic (exact) mass is 849 g/mol. The first-order valence-electron chi connectivity index (χ1n) is 23.0. The molecule has 324 valence electrons. The molecule has 0 aliphatic rings. The van der Waals surface area contributed by atoms with Crippen LogP contribution < -0.4 is 0 Å². The van der Waals surface area contributed by atoms with E-state index in [0.717, 1.165) is 90.0 Å². The van der Waals surface area contributed by atoms with Gasteiger partial charge >= 0.3 is 0 Å². The van der Waals surface area contributed by atoms with E-state index in [1.165, 1.54) is 11.1 Å². The SMILES string of the molecule is Cc1cc(C(C)(C)C)cc(-c2nc3c(-c4cc(-c5ccccc5)cc(-c5cc(-c6ccc(C(C)(C)C)cc6)ccn5)c4)cccc3n2-c2ccc(CC(C)C)cc2-c2ccccc2)c1O. The highest BCUT2D eigenvalue weighted by Crippen LogP contribution is 2.44. The molecule has 0 aliphatic heterocycles. The van der Waals surface area contributed by atoms with E-state index in [1.807, 2.05) is 13.1 Å². The Morgan fingerprint density at radius 3 is 1.85 bits per heavy atom. The van der Waals surface area contributed by atoms with E-state index in [9.17, 15) is 5.11 Å². The number of nitrogens with zero attached hydrogens (tertiary/aromatic N) is 3. The number of pyridine rings is 1. The average molecular weight is 850 g/mol. The molecule has 4 nitrogen and oxygen atoms in total. The Kier molecular flexibility index (Phi) is 11.4. The summed E-state index contributed by atoms with van der Waals surface area (Å²) in [5.41, 5.74) is 18.7. The number of hydrogen-bond donors (Lipinski definition) is 1. The van der Waals surface area contributed by atoms with Gasteiger partial charge in [-0.15, -0.1) is 0 Å². The zero-order valence-electron chi connectivity index (χ0n) is 39.2. The smallest absolute Gasteiger partial charge is 0.149 e. The minimum Gasteiger partial charge on any atom is -0.507 e. The van der Waals surface area contributed by atoms with Gasteiger partial charge in [-0.25, -0.2) is 4.98 Å². The maximum atomic E-state index is 12.1. The number of rotatable bonds is 9. The van der Waals surface area contributed by atoms with Crippen molar-refractivity contribution in [2.75, 3.05) is 0 Å². The lowest BCUT2D eigenvalue weighted by Gasteiger charge is -2.22. The van der Waals surface area contributed by atoms with Gasteiger partial charge in [-0.2, -0.15) is 0 Å². The largest absolute Gasteiger partial charge is 0.507 e. The van der Waals surface area contributed by atoms with Crippen molar-refractivity contribution in [1.29, 1.82) is 0 Å². The molecule has 9 rings (SSSR count). The molecule has 65 heavy (non-hydrogen) atoms. The predicted octanol–water partition coefficient (Wildman–Crippen LogP) is 16.2. The van der Waals surface area contributed by atoms with Gasteiger partial charge in [0, 0.05) is 22.9 Å². The second-order valence-corrected chi connectivity index (χ2v) is 20.1. The van der Waals surface area contributed by atoms with E-state index in [4.69, 9.17) is 9.97 Å². The lowest BCUT2D eigenvalue weighted by molar-refractivity contribution is 0.471. The summed E-state index contributed by atoms with van der Waals surface area (Å²) in [6, 6.07) is 58.8. The summed E-state index contributed by atoms with van der Waals surface area (Å²) in [6.45, 7) is 19.9. The molecule has 9 aromatic rings. The van der Waals surface area contributed by atoms with E-state index in [0.29, 0.717) is 17.3 Å². The molecule has 0 saturated heterocycles. The molecule has 0 spiro atoms. The molecule has 0 saturated carbocycles. The molecule has 0 aliphatic carbocycles. The third kappa shape index (κ3) is 8.78. The number of fused-ring (bicyclic) bond motifs is 1. The number of phenols is 1. The Balaban J connectivity index is 1.30. The van der Waals surface area contributed by atoms with Crippen LogP contribution in [0.3, 0.4) is 0 Å². The zero-order valence-corrected chi connectivity index (χ0v) is 39.2. The summed E-state index contributed by atoms with van der Waals surface area (Å²) in [5.74, 6) is 1.44. The second kappa shape index (κ2) is 17.2. The fraction of sp³-hybridized carbons (Fsp3) is 0.213. The highest BCUT2D eigenvalue weighted by Gasteiger charge is 2.26. The number of phenolic OH excluding ortho intramolecular Hbond substituents is 1. The Morgan fingerprint density at radius 1 is 0.523 bits per heavy atom. The lowest BCUT2D eigenvalue weighted by atomic mass is 9.84. The summed E-state index contributed by atoms with van der Waals surface area (Å²) in [4.78, 5) is 10.6. The van der Waals surface area contributed by atoms with Crippen LogP contribution in [0.1, 0.15) is 77.6 Å². The van der Waals surface area contributed by atoms with Crippen molar-refractivity contribution in [2.45, 2.75) is 79.6 Å². The van der Waals surface area contributed by atoms with Crippen LogP contribution >= 0.6 is 0 Å². The standard InChI is InChI=1S/C61H59N3O/c1-39(2)31-41-23-28-55(52(33-41)44-19-14-11-15-20-44)64-56-22-16-21-51(57(56)63-59(64)53-38-50(61(7,8)9)32-40(3)58(53)65)47-34-46(42-17-12-10-13-18-42)35-48(36-47)54-37-45(29-30-62-54)43-24-26-49(27-25-43)60(4,5)6/h10-30,32-39,65H,31H2,1-9H3. The molecule has 0 amide bonds. The fourth-order valence-corrected chi connectivity index (χ4v) is 9.02. The number of benzene rings is 7. The quantitative estimate of drug-likeness (QED) is 0.157. The third-order valence-corrected chi connectivity index (χ3v) is 12.6. The maximum absolute atomic E-state index is 12.1. The van der Waals surface area contributed by atoms with Gasteiger partial charge in [-0.05, 0) is 140 Å². The summed E-state index contributed by atoms with van der Waals surface area (Å²) < 4.78 is 2.28. The molecule has 1 N–H and O–H groups in total. The molecule has 0 bridgehead atoms. The maximum Gasteiger partial charge on any atom is 0.149 e. The van der Waals surface area contributed by atoms with E-state index in [2.05, 4.69) is 224 Å². The van der Waals surface area contributed by atoms with Gasteiger partial charge < -0.3 is 5.11 Å². The number of aromatic hydroxyl groups is 1. The van der Waals surface area contributed by atoms with Crippen LogP contribution in [-0.2, 0) is 17.3 Å². The minimum atomic E-state index is -0.154. The van der Waals surface area contributed by atoms with Crippen LogP contribution in [0, 0.1) is 12.8 Å². The molecule has 0 atom stereocenters. The molecule has 2 heterocycles. The highest BCUT2D eigenvalue weighted by molar-refractivity contribution is 5.98. The van der Waals surface area contributed by atoms with Gasteiger partial charge in [0.2, 0.25) is 0 Å². The van der Waals surface area contributed by atoms with E-state index in [1.54, 1.807) is 0 Å². The van der Waals surface area contributed by atoms with Crippen LogP contribution in [-0.4, -0.2) is 19.6 Å². The summed E-state index contributed by atoms with van der Waals surface area (Å²) in [6.07, 6.45) is 2.89. The number of aryl methyl sites for hydroxylation is 1. The molecule has 0 unspecified atom stereocenters. The van der Waals surface area contributed by atoms with Gasteiger partial charge in [0.15, 0.2) is 0 Å². The molecule has 0 radical (unpaired) electrons. The van der Waals surface area contributed by atoms with Crippen LogP contribution in [0.4, 0.5) is 0 Å². The average Bonchev–Trinajstić information content (AvgIpc) is 3.69. The first kappa shape index (κ1) is 43.2. The zero-order chi connectivity index (χ0) is 45.6. The molecular weight excluding hydrogens is 791 g/mol.